The van der Waals surface area contributed by atoms with Gasteiger partial charge < -0.3 is 19.3 Å². The van der Waals surface area contributed by atoms with Crippen LogP contribution in [0, 0.1) is 0 Å². The van der Waals surface area contributed by atoms with Crippen molar-refractivity contribution in [3.05, 3.63) is 22.7 Å². The van der Waals surface area contributed by atoms with Crippen LogP contribution >= 0.6 is 11.6 Å². The Kier molecular flexibility index (Phi) is 6.61. The molecule has 0 radical (unpaired) electrons. The van der Waals surface area contributed by atoms with Crippen LogP contribution in [0.3, 0.4) is 0 Å². The zero-order chi connectivity index (χ0) is 15.1. The van der Waals surface area contributed by atoms with Gasteiger partial charge >= 0.3 is 5.97 Å². The van der Waals surface area contributed by atoms with Gasteiger partial charge in [0.15, 0.2) is 11.5 Å². The highest BCUT2D eigenvalue weighted by molar-refractivity contribution is 6.33. The number of carbonyl (C=O) groups is 1. The van der Waals surface area contributed by atoms with Gasteiger partial charge in [0.05, 0.1) is 32.0 Å². The Balaban J connectivity index is 2.83. The zero-order valence-corrected chi connectivity index (χ0v) is 12.6. The molecule has 0 aliphatic carbocycles. The van der Waals surface area contributed by atoms with E-state index in [1.165, 1.54) is 14.2 Å². The van der Waals surface area contributed by atoms with Crippen LogP contribution in [-0.4, -0.2) is 31.9 Å². The maximum atomic E-state index is 11.3. The van der Waals surface area contributed by atoms with Gasteiger partial charge in [0.25, 0.3) is 0 Å². The molecular weight excluding hydrogens is 284 g/mol. The van der Waals surface area contributed by atoms with Crippen molar-refractivity contribution in [3.8, 4) is 11.5 Å². The van der Waals surface area contributed by atoms with Gasteiger partial charge in [0.1, 0.15) is 0 Å². The van der Waals surface area contributed by atoms with E-state index in [1.54, 1.807) is 19.1 Å². The number of hydrogen-bond donors (Lipinski definition) is 1. The summed E-state index contributed by atoms with van der Waals surface area (Å²) in [6.07, 6.45) is -0.514. The Morgan fingerprint density at radius 2 is 2.05 bits per heavy atom. The summed E-state index contributed by atoms with van der Waals surface area (Å²) in [5, 5.41) is 10.4. The fraction of sp³-hybridized carbons (Fsp3) is 0.500. The Bertz CT molecular complexity index is 461. The second-order valence-electron chi connectivity index (χ2n) is 4.06. The van der Waals surface area contributed by atoms with E-state index in [-0.39, 0.29) is 23.8 Å². The molecule has 0 spiro atoms. The minimum absolute atomic E-state index is 0.125. The van der Waals surface area contributed by atoms with Crippen molar-refractivity contribution in [2.24, 2.45) is 0 Å². The van der Waals surface area contributed by atoms with Crippen molar-refractivity contribution in [3.63, 3.8) is 0 Å². The summed E-state index contributed by atoms with van der Waals surface area (Å²) >= 11 is 6.18. The van der Waals surface area contributed by atoms with Crippen LogP contribution in [0.1, 0.15) is 31.4 Å². The predicted octanol–water partition coefficient (Wildman–Crippen LogP) is 2.73. The summed E-state index contributed by atoms with van der Waals surface area (Å²) in [6.45, 7) is 2.06. The number of aliphatic hydroxyl groups is 1. The molecule has 0 amide bonds. The van der Waals surface area contributed by atoms with Crippen molar-refractivity contribution in [1.29, 1.82) is 0 Å². The van der Waals surface area contributed by atoms with Crippen molar-refractivity contribution in [1.82, 2.24) is 0 Å². The number of ether oxygens (including phenoxy) is 3. The van der Waals surface area contributed by atoms with Crippen molar-refractivity contribution in [2.75, 3.05) is 20.8 Å². The molecule has 1 N–H and O–H groups in total. The first kappa shape index (κ1) is 16.6. The highest BCUT2D eigenvalue weighted by atomic mass is 35.5. The smallest absolute Gasteiger partial charge is 0.305 e. The van der Waals surface area contributed by atoms with Gasteiger partial charge in [-0.3, -0.25) is 4.79 Å². The number of rotatable bonds is 7. The van der Waals surface area contributed by atoms with E-state index in [9.17, 15) is 9.90 Å². The van der Waals surface area contributed by atoms with Gasteiger partial charge in [-0.1, -0.05) is 17.7 Å². The molecule has 0 bridgehead atoms. The lowest BCUT2D eigenvalue weighted by atomic mass is 10.0. The van der Waals surface area contributed by atoms with E-state index < -0.39 is 6.10 Å². The number of carbonyl (C=O) groups excluding carboxylic acids is 1. The monoisotopic (exact) mass is 302 g/mol. The van der Waals surface area contributed by atoms with Gasteiger partial charge in [-0.25, -0.2) is 0 Å². The molecular formula is C14H19ClO5. The highest BCUT2D eigenvalue weighted by Crippen LogP contribution is 2.40. The van der Waals surface area contributed by atoms with Crippen LogP contribution in [0.2, 0.25) is 5.02 Å². The Labute approximate surface area is 123 Å². The maximum absolute atomic E-state index is 11.3. The molecule has 5 nitrogen and oxygen atoms in total. The SMILES string of the molecule is CCOC(=O)CCC(O)c1ccc(OC)c(OC)c1Cl. The summed E-state index contributed by atoms with van der Waals surface area (Å²) in [7, 11) is 2.98. The Hall–Kier alpha value is -1.46. The summed E-state index contributed by atoms with van der Waals surface area (Å²) in [4.78, 5) is 11.3. The largest absolute Gasteiger partial charge is 0.493 e. The molecule has 0 saturated heterocycles. The number of benzene rings is 1. The molecule has 112 valence electrons. The van der Waals surface area contributed by atoms with E-state index in [1.807, 2.05) is 0 Å². The van der Waals surface area contributed by atoms with Crippen LogP contribution in [0.15, 0.2) is 12.1 Å². The quantitative estimate of drug-likeness (QED) is 0.785. The van der Waals surface area contributed by atoms with Crippen LogP contribution in [0.25, 0.3) is 0 Å². The number of aliphatic hydroxyl groups excluding tert-OH is 1. The summed E-state index contributed by atoms with van der Waals surface area (Å²) in [5.74, 6) is 0.504. The number of hydrogen-bond acceptors (Lipinski definition) is 5. The molecule has 1 aromatic rings. The fourth-order valence-electron chi connectivity index (χ4n) is 1.81. The molecule has 0 aliphatic heterocycles. The number of halogens is 1. The van der Waals surface area contributed by atoms with E-state index in [0.717, 1.165) is 0 Å². The lowest BCUT2D eigenvalue weighted by Gasteiger charge is -2.16. The third-order valence-corrected chi connectivity index (χ3v) is 3.19. The third-order valence-electron chi connectivity index (χ3n) is 2.80. The molecule has 1 rings (SSSR count). The average molecular weight is 303 g/mol. The van der Waals surface area contributed by atoms with Gasteiger partial charge in [-0.15, -0.1) is 0 Å². The molecule has 6 heteroatoms. The molecule has 20 heavy (non-hydrogen) atoms. The lowest BCUT2D eigenvalue weighted by molar-refractivity contribution is -0.143. The van der Waals surface area contributed by atoms with Crippen LogP contribution in [0.5, 0.6) is 11.5 Å². The summed E-state index contributed by atoms with van der Waals surface area (Å²) < 4.78 is 15.1. The summed E-state index contributed by atoms with van der Waals surface area (Å²) in [5.41, 5.74) is 0.494. The summed E-state index contributed by atoms with van der Waals surface area (Å²) in [6, 6.07) is 3.31. The van der Waals surface area contributed by atoms with Crippen LogP contribution in [-0.2, 0) is 9.53 Å². The van der Waals surface area contributed by atoms with Gasteiger partial charge in [-0.05, 0) is 19.4 Å². The Morgan fingerprint density at radius 1 is 1.35 bits per heavy atom. The number of esters is 1. The molecule has 0 aliphatic rings. The first-order chi connectivity index (χ1) is 9.54. The maximum Gasteiger partial charge on any atom is 0.305 e. The normalized spacial score (nSPS) is 11.8. The van der Waals surface area contributed by atoms with Gasteiger partial charge in [0.2, 0.25) is 0 Å². The highest BCUT2D eigenvalue weighted by Gasteiger charge is 2.19. The molecule has 0 aromatic heterocycles. The van der Waals surface area contributed by atoms with E-state index in [4.69, 9.17) is 25.8 Å². The second-order valence-corrected chi connectivity index (χ2v) is 4.44. The minimum atomic E-state index is -0.869. The molecule has 0 heterocycles. The number of methoxy groups -OCH3 is 2. The Morgan fingerprint density at radius 3 is 2.60 bits per heavy atom. The molecule has 1 aromatic carbocycles. The van der Waals surface area contributed by atoms with E-state index in [2.05, 4.69) is 0 Å². The van der Waals surface area contributed by atoms with E-state index >= 15 is 0 Å². The standard InChI is InChI=1S/C14H19ClO5/c1-4-20-12(17)8-6-10(16)9-5-7-11(18-2)14(19-3)13(9)15/h5,7,10,16H,4,6,8H2,1-3H3. The topological polar surface area (TPSA) is 65.0 Å². The predicted molar refractivity (Wildman–Crippen MR) is 75.4 cm³/mol. The first-order valence-corrected chi connectivity index (χ1v) is 6.67. The van der Waals surface area contributed by atoms with Crippen LogP contribution < -0.4 is 9.47 Å². The average Bonchev–Trinajstić information content (AvgIpc) is 2.44. The molecule has 1 unspecified atom stereocenters. The second kappa shape index (κ2) is 7.97. The lowest BCUT2D eigenvalue weighted by Crippen LogP contribution is -2.07. The minimum Gasteiger partial charge on any atom is -0.493 e. The van der Waals surface area contributed by atoms with Crippen molar-refractivity contribution < 1.29 is 24.1 Å². The molecule has 1 atom stereocenters. The van der Waals surface area contributed by atoms with Gasteiger partial charge in [0, 0.05) is 12.0 Å². The first-order valence-electron chi connectivity index (χ1n) is 6.29. The zero-order valence-electron chi connectivity index (χ0n) is 11.8. The molecule has 0 saturated carbocycles. The third kappa shape index (κ3) is 4.02. The molecule has 0 fully saturated rings. The van der Waals surface area contributed by atoms with Crippen LogP contribution in [0.4, 0.5) is 0 Å². The van der Waals surface area contributed by atoms with Crippen molar-refractivity contribution in [2.45, 2.75) is 25.9 Å². The van der Waals surface area contributed by atoms with Crippen molar-refractivity contribution >= 4 is 17.6 Å². The van der Waals surface area contributed by atoms with E-state index in [0.29, 0.717) is 23.7 Å². The van der Waals surface area contributed by atoms with Gasteiger partial charge in [-0.2, -0.15) is 0 Å². The fourth-order valence-corrected chi connectivity index (χ4v) is 2.16.